The van der Waals surface area contributed by atoms with Crippen molar-refractivity contribution in [2.24, 2.45) is 17.3 Å². The van der Waals surface area contributed by atoms with Crippen LogP contribution in [0.5, 0.6) is 17.2 Å². The topological polar surface area (TPSA) is 41.9 Å². The summed E-state index contributed by atoms with van der Waals surface area (Å²) in [5, 5.41) is 14.2. The van der Waals surface area contributed by atoms with Gasteiger partial charge in [-0.15, -0.1) is 0 Å². The molecular weight excluding hydrogens is 875 g/mol. The third kappa shape index (κ3) is 13.3. The Balaban J connectivity index is 0.00000108. The molecule has 1 heterocycles. The Kier molecular flexibility index (Phi) is 21.0. The van der Waals surface area contributed by atoms with Crippen molar-refractivity contribution in [2.75, 3.05) is 30.1 Å². The van der Waals surface area contributed by atoms with Crippen molar-refractivity contribution in [1.82, 2.24) is 0 Å². The molecule has 0 amide bonds. The van der Waals surface area contributed by atoms with E-state index in [9.17, 15) is 5.11 Å². The van der Waals surface area contributed by atoms with Crippen LogP contribution in [0.2, 0.25) is 0 Å². The molecule has 5 aromatic carbocycles. The van der Waals surface area contributed by atoms with Crippen molar-refractivity contribution in [3.8, 4) is 39.5 Å². The second-order valence-corrected chi connectivity index (χ2v) is 20.2. The normalized spacial score (nSPS) is 17.7. The van der Waals surface area contributed by atoms with Crippen molar-refractivity contribution in [2.45, 2.75) is 132 Å². The van der Waals surface area contributed by atoms with Crippen LogP contribution in [0.25, 0.3) is 33.5 Å². The first-order chi connectivity index (χ1) is 34.3. The Labute approximate surface area is 427 Å². The number of ether oxygens (including phenoxy) is 2. The highest BCUT2D eigenvalue weighted by atomic mass is 32.2. The predicted octanol–water partition coefficient (Wildman–Crippen LogP) is 17.1. The fourth-order valence-electron chi connectivity index (χ4n) is 10.3. The van der Waals surface area contributed by atoms with E-state index in [1.807, 2.05) is 43.8 Å². The molecule has 372 valence electrons. The van der Waals surface area contributed by atoms with Crippen molar-refractivity contribution in [1.29, 1.82) is 0 Å². The van der Waals surface area contributed by atoms with Crippen LogP contribution in [-0.4, -0.2) is 30.3 Å². The van der Waals surface area contributed by atoms with E-state index in [0.717, 1.165) is 95.9 Å². The number of phenols is 1. The molecule has 1 spiro atoms. The summed E-state index contributed by atoms with van der Waals surface area (Å²) in [5.74, 6) is 4.52. The van der Waals surface area contributed by atoms with Gasteiger partial charge in [-0.25, -0.2) is 0 Å². The van der Waals surface area contributed by atoms with Gasteiger partial charge < -0.3 is 19.5 Å². The minimum atomic E-state index is -0.302. The summed E-state index contributed by atoms with van der Waals surface area (Å²) >= 11 is 1.90. The molecule has 4 atom stereocenters. The van der Waals surface area contributed by atoms with Crippen LogP contribution in [0.1, 0.15) is 137 Å². The Morgan fingerprint density at radius 2 is 1.24 bits per heavy atom. The summed E-state index contributed by atoms with van der Waals surface area (Å²) in [6.07, 6.45) is 24.8. The Morgan fingerprint density at radius 3 is 1.76 bits per heavy atom. The van der Waals surface area contributed by atoms with E-state index in [0.29, 0.717) is 11.8 Å². The fourth-order valence-corrected chi connectivity index (χ4v) is 10.7. The third-order valence-corrected chi connectivity index (χ3v) is 15.2. The summed E-state index contributed by atoms with van der Waals surface area (Å²) in [6.45, 7) is 21.6. The lowest BCUT2D eigenvalue weighted by Crippen LogP contribution is -2.47. The van der Waals surface area contributed by atoms with Crippen molar-refractivity contribution in [3.63, 3.8) is 0 Å². The van der Waals surface area contributed by atoms with Gasteiger partial charge in [0.25, 0.3) is 0 Å². The number of thioether (sulfide) groups is 1. The zero-order valence-corrected chi connectivity index (χ0v) is 44.8. The zero-order chi connectivity index (χ0) is 49.9. The van der Waals surface area contributed by atoms with Crippen LogP contribution in [-0.2, 0) is 0 Å². The molecule has 2 bridgehead atoms. The number of para-hydroxylation sites is 1. The van der Waals surface area contributed by atoms with E-state index in [1.165, 1.54) is 72.4 Å². The number of aromatic hydroxyl groups is 1. The lowest BCUT2D eigenvalue weighted by molar-refractivity contribution is 0.233. The molecule has 0 radical (unpaired) electrons. The van der Waals surface area contributed by atoms with Gasteiger partial charge in [0, 0.05) is 34.0 Å². The number of benzene rings is 5. The predicted molar refractivity (Wildman–Crippen MR) is 304 cm³/mol. The number of anilines is 1. The molecular formula is C65H83NO3S. The number of hydrogen-bond acceptors (Lipinski definition) is 5. The number of hydrogen-bond donors (Lipinski definition) is 1. The summed E-state index contributed by atoms with van der Waals surface area (Å²) in [7, 11) is 0. The maximum Gasteiger partial charge on any atom is 0.121 e. The first-order valence-electron chi connectivity index (χ1n) is 26.8. The van der Waals surface area contributed by atoms with Crippen molar-refractivity contribution >= 4 is 28.7 Å². The molecule has 1 fully saturated rings. The van der Waals surface area contributed by atoms with Gasteiger partial charge in [-0.05, 0) is 138 Å². The lowest BCUT2D eigenvalue weighted by Gasteiger charge is -2.47. The molecule has 5 aromatic rings. The molecule has 5 heteroatoms. The minimum Gasteiger partial charge on any atom is -0.508 e. The fraction of sp³-hybridized carbons (Fsp3) is 0.415. The van der Waals surface area contributed by atoms with E-state index >= 15 is 0 Å². The summed E-state index contributed by atoms with van der Waals surface area (Å²) in [4.78, 5) is 2.52. The van der Waals surface area contributed by atoms with E-state index < -0.39 is 0 Å². The highest BCUT2D eigenvalue weighted by Gasteiger charge is 2.42. The maximum atomic E-state index is 11.7. The molecule has 4 nitrogen and oxygen atoms in total. The zero-order valence-electron chi connectivity index (χ0n) is 43.9. The van der Waals surface area contributed by atoms with Crippen molar-refractivity contribution in [3.05, 3.63) is 168 Å². The standard InChI is InChI=1S/C59H67NO3.C4H10S.C2H6/c1-6-10-18-43(8-3)40-62-50-29-25-45(26-30-50)47-36-48(46-27-31-51(32-28-46)63-41-44(9-4)19-11-7-2)38-49(37-47)60-56-39-59(34-17-16-23-55(59)52-20-12-13-21-53(52)56)35-33-42(5)58(60)54-22-14-15-24-57(54)61;1-3-4-5-2;1-2/h12-17,20-32,34,36-38,43-44,58,61H,5-11,18-19,33,35,39-41H2,1-4H3;3-4H2,1-2H3;1-2H3. The molecule has 1 aliphatic heterocycles. The highest BCUT2D eigenvalue weighted by Crippen LogP contribution is 2.53. The first kappa shape index (κ1) is 54.0. The van der Waals surface area contributed by atoms with Gasteiger partial charge >= 0.3 is 0 Å². The van der Waals surface area contributed by atoms with Crippen LogP contribution >= 0.6 is 11.8 Å². The molecule has 1 N–H and O–H groups in total. The number of unbranched alkanes of at least 4 members (excludes halogenated alkanes) is 2. The smallest absolute Gasteiger partial charge is 0.121 e. The van der Waals surface area contributed by atoms with Gasteiger partial charge in [-0.1, -0.05) is 190 Å². The number of rotatable bonds is 20. The molecule has 3 aliphatic rings. The quantitative estimate of drug-likeness (QED) is 0.0788. The summed E-state index contributed by atoms with van der Waals surface area (Å²) < 4.78 is 12.8. The molecule has 8 rings (SSSR count). The van der Waals surface area contributed by atoms with Gasteiger partial charge in [0.15, 0.2) is 0 Å². The molecule has 4 unspecified atom stereocenters. The Bertz CT molecular complexity index is 2530. The van der Waals surface area contributed by atoms with Crippen molar-refractivity contribution < 1.29 is 14.6 Å². The first-order valence-corrected chi connectivity index (χ1v) is 28.2. The van der Waals surface area contributed by atoms with Crippen LogP contribution in [0.3, 0.4) is 0 Å². The maximum absolute atomic E-state index is 11.7. The van der Waals surface area contributed by atoms with Gasteiger partial charge in [0.05, 0.1) is 19.3 Å². The number of nitrogens with zero attached hydrogens (tertiary/aromatic N) is 1. The van der Waals surface area contributed by atoms with Crippen LogP contribution in [0, 0.1) is 17.3 Å². The second kappa shape index (κ2) is 27.3. The van der Waals surface area contributed by atoms with Gasteiger partial charge in [-0.2, -0.15) is 11.8 Å². The monoisotopic (exact) mass is 958 g/mol. The van der Waals surface area contributed by atoms with E-state index in [-0.39, 0.29) is 17.2 Å². The van der Waals surface area contributed by atoms with Gasteiger partial charge in [-0.3, -0.25) is 0 Å². The largest absolute Gasteiger partial charge is 0.508 e. The molecule has 70 heavy (non-hydrogen) atoms. The summed E-state index contributed by atoms with van der Waals surface area (Å²) in [5.41, 5.74) is 9.91. The lowest BCUT2D eigenvalue weighted by atomic mass is 9.65. The minimum absolute atomic E-state index is 0.171. The van der Waals surface area contributed by atoms with Crippen LogP contribution < -0.4 is 24.8 Å². The molecule has 0 aromatic heterocycles. The van der Waals surface area contributed by atoms with Gasteiger partial charge in [0.2, 0.25) is 0 Å². The Hall–Kier alpha value is -5.39. The summed E-state index contributed by atoms with van der Waals surface area (Å²) in [6, 6.07) is 40.8. The number of allylic oxidation sites excluding steroid dienone is 4. The Morgan fingerprint density at radius 1 is 0.686 bits per heavy atom. The average Bonchev–Trinajstić information content (AvgIpc) is 3.40. The van der Waals surface area contributed by atoms with Gasteiger partial charge in [0.1, 0.15) is 17.2 Å². The average molecular weight is 958 g/mol. The van der Waals surface area contributed by atoms with E-state index in [2.05, 4.69) is 167 Å². The SMILES string of the molecule is C=C1CCC23C=CC=CC2=c2ccccc2=C(C3)N(c2cc(-c3ccc(OCC(CC)CCCC)cc3)cc(-c3ccc(OCC(CC)CCCC)cc3)c2)C1c1ccccc1O.CC.CCCSC. The number of fused-ring (bicyclic) bond motifs is 2. The van der Waals surface area contributed by atoms with Crippen LogP contribution in [0.4, 0.5) is 5.69 Å². The highest BCUT2D eigenvalue weighted by molar-refractivity contribution is 7.98. The second-order valence-electron chi connectivity index (χ2n) is 19.2. The van der Waals surface area contributed by atoms with Crippen LogP contribution in [0.15, 0.2) is 152 Å². The number of phenolic OH excluding ortho intramolecular Hbond substituents is 1. The molecule has 1 saturated heterocycles. The molecule has 0 saturated carbocycles. The van der Waals surface area contributed by atoms with E-state index in [4.69, 9.17) is 16.1 Å². The molecule has 2 aliphatic carbocycles. The van der Waals surface area contributed by atoms with E-state index in [1.54, 1.807) is 0 Å². The third-order valence-electron chi connectivity index (χ3n) is 14.4.